The number of hydrogen-bond acceptors (Lipinski definition) is 0. The molecule has 0 bridgehead atoms. The Morgan fingerprint density at radius 3 is 1.57 bits per heavy atom. The van der Waals surface area contributed by atoms with Crippen molar-refractivity contribution >= 4 is 37.9 Å². The van der Waals surface area contributed by atoms with Crippen LogP contribution in [0.1, 0.15) is 35.1 Å². The molecule has 1 spiro atoms. The number of fused-ring (bicyclic) bond motifs is 13. The largest absolute Gasteiger partial charge is 0.0839 e. The topological polar surface area (TPSA) is 0 Å². The molecule has 0 aromatic heterocycles. The molecule has 228 valence electrons. The summed E-state index contributed by atoms with van der Waals surface area (Å²) in [5, 5.41) is 7.78. The zero-order valence-corrected chi connectivity index (χ0v) is 27.1. The summed E-state index contributed by atoms with van der Waals surface area (Å²) in [5.41, 5.74) is 16.2. The summed E-state index contributed by atoms with van der Waals surface area (Å²) in [6.45, 7) is 0. The number of rotatable bonds is 2. The maximum Gasteiger partial charge on any atom is 0.0722 e. The Morgan fingerprint density at radius 2 is 0.898 bits per heavy atom. The summed E-state index contributed by atoms with van der Waals surface area (Å²) >= 11 is 0. The van der Waals surface area contributed by atoms with E-state index in [4.69, 9.17) is 0 Å². The minimum Gasteiger partial charge on any atom is -0.0839 e. The van der Waals surface area contributed by atoms with Gasteiger partial charge in [0.25, 0.3) is 0 Å². The van der Waals surface area contributed by atoms with Gasteiger partial charge in [-0.25, -0.2) is 0 Å². The SMILES string of the molecule is C1=CC2=C(CC1)c1ccccc1C21c2ccccc2-c2c1cc(-c1c3ccccc3c(-c3ccccc3)c3ccccc13)c1ccccc21. The third-order valence-corrected chi connectivity index (χ3v) is 11.5. The highest BCUT2D eigenvalue weighted by Gasteiger charge is 2.53. The second-order valence-electron chi connectivity index (χ2n) is 13.8. The summed E-state index contributed by atoms with van der Waals surface area (Å²) in [6, 6.07) is 59.2. The molecule has 0 amide bonds. The predicted molar refractivity (Wildman–Crippen MR) is 207 cm³/mol. The van der Waals surface area contributed by atoms with Crippen molar-refractivity contribution in [3.8, 4) is 33.4 Å². The lowest BCUT2D eigenvalue weighted by atomic mass is 9.68. The summed E-state index contributed by atoms with van der Waals surface area (Å²) in [7, 11) is 0. The van der Waals surface area contributed by atoms with E-state index in [1.54, 1.807) is 0 Å². The highest BCUT2D eigenvalue weighted by atomic mass is 14.5. The highest BCUT2D eigenvalue weighted by molar-refractivity contribution is 6.25. The highest BCUT2D eigenvalue weighted by Crippen LogP contribution is 2.65. The van der Waals surface area contributed by atoms with Crippen LogP contribution >= 0.6 is 0 Å². The van der Waals surface area contributed by atoms with E-state index in [0.717, 1.165) is 12.8 Å². The van der Waals surface area contributed by atoms with Crippen molar-refractivity contribution in [1.82, 2.24) is 0 Å². The first-order valence-electron chi connectivity index (χ1n) is 17.5. The van der Waals surface area contributed by atoms with Crippen LogP contribution in [0.2, 0.25) is 0 Å². The zero-order chi connectivity index (χ0) is 32.1. The minimum atomic E-state index is -0.358. The maximum atomic E-state index is 2.60. The molecule has 0 nitrogen and oxygen atoms in total. The number of hydrogen-bond donors (Lipinski definition) is 0. The molecule has 8 aromatic rings. The number of benzene rings is 8. The molecule has 49 heavy (non-hydrogen) atoms. The van der Waals surface area contributed by atoms with E-state index in [-0.39, 0.29) is 5.41 Å². The van der Waals surface area contributed by atoms with Gasteiger partial charge in [-0.2, -0.15) is 0 Å². The molecule has 11 rings (SSSR count). The van der Waals surface area contributed by atoms with E-state index < -0.39 is 0 Å². The van der Waals surface area contributed by atoms with Crippen molar-refractivity contribution < 1.29 is 0 Å². The van der Waals surface area contributed by atoms with Gasteiger partial charge in [0.15, 0.2) is 0 Å². The molecule has 0 N–H and O–H groups in total. The van der Waals surface area contributed by atoms with Crippen molar-refractivity contribution in [3.63, 3.8) is 0 Å². The maximum absolute atomic E-state index is 2.60. The third-order valence-electron chi connectivity index (χ3n) is 11.5. The molecule has 0 fully saturated rings. The fourth-order valence-electron chi connectivity index (χ4n) is 9.77. The Labute approximate surface area is 286 Å². The van der Waals surface area contributed by atoms with E-state index in [9.17, 15) is 0 Å². The molecule has 1 atom stereocenters. The van der Waals surface area contributed by atoms with Gasteiger partial charge in [-0.3, -0.25) is 0 Å². The van der Waals surface area contributed by atoms with Crippen molar-refractivity contribution in [2.75, 3.05) is 0 Å². The summed E-state index contributed by atoms with van der Waals surface area (Å²) in [5.74, 6) is 0. The summed E-state index contributed by atoms with van der Waals surface area (Å²) in [6.07, 6.45) is 7.03. The Kier molecular flexibility index (Phi) is 5.52. The summed E-state index contributed by atoms with van der Waals surface area (Å²) < 4.78 is 0. The molecule has 0 aliphatic heterocycles. The van der Waals surface area contributed by atoms with Gasteiger partial charge < -0.3 is 0 Å². The van der Waals surface area contributed by atoms with Gasteiger partial charge in [-0.15, -0.1) is 0 Å². The van der Waals surface area contributed by atoms with E-state index in [0.29, 0.717) is 0 Å². The second-order valence-corrected chi connectivity index (χ2v) is 13.8. The average Bonchev–Trinajstić information content (AvgIpc) is 3.64. The lowest BCUT2D eigenvalue weighted by Gasteiger charge is -2.33. The van der Waals surface area contributed by atoms with Crippen LogP contribution in [0, 0.1) is 0 Å². The van der Waals surface area contributed by atoms with Gasteiger partial charge in [0, 0.05) is 0 Å². The summed E-state index contributed by atoms with van der Waals surface area (Å²) in [4.78, 5) is 0. The molecule has 3 aliphatic carbocycles. The van der Waals surface area contributed by atoms with Gasteiger partial charge in [0.05, 0.1) is 5.41 Å². The van der Waals surface area contributed by atoms with Gasteiger partial charge in [-0.05, 0) is 118 Å². The van der Waals surface area contributed by atoms with Crippen LogP contribution in [0.15, 0.2) is 175 Å². The quantitative estimate of drug-likeness (QED) is 0.169. The van der Waals surface area contributed by atoms with Crippen LogP contribution in [-0.2, 0) is 5.41 Å². The van der Waals surface area contributed by atoms with Crippen LogP contribution in [0.25, 0.3) is 71.3 Å². The Morgan fingerprint density at radius 1 is 0.388 bits per heavy atom. The molecular weight excluding hydrogens is 589 g/mol. The van der Waals surface area contributed by atoms with Crippen LogP contribution in [0.4, 0.5) is 0 Å². The third kappa shape index (κ3) is 3.43. The van der Waals surface area contributed by atoms with Crippen molar-refractivity contribution in [2.45, 2.75) is 18.3 Å². The van der Waals surface area contributed by atoms with E-state index in [2.05, 4.69) is 170 Å². The molecule has 0 heteroatoms. The van der Waals surface area contributed by atoms with Gasteiger partial charge in [-0.1, -0.05) is 164 Å². The van der Waals surface area contributed by atoms with Gasteiger partial charge >= 0.3 is 0 Å². The van der Waals surface area contributed by atoms with Crippen LogP contribution in [0.5, 0.6) is 0 Å². The van der Waals surface area contributed by atoms with Gasteiger partial charge in [0.1, 0.15) is 0 Å². The monoisotopic (exact) mass is 620 g/mol. The van der Waals surface area contributed by atoms with Crippen LogP contribution < -0.4 is 0 Å². The van der Waals surface area contributed by atoms with Crippen molar-refractivity contribution in [1.29, 1.82) is 0 Å². The zero-order valence-electron chi connectivity index (χ0n) is 27.1. The van der Waals surface area contributed by atoms with Crippen LogP contribution in [-0.4, -0.2) is 0 Å². The van der Waals surface area contributed by atoms with E-state index in [1.165, 1.54) is 99.1 Å². The average molecular weight is 621 g/mol. The molecule has 0 saturated carbocycles. The first kappa shape index (κ1) is 27.0. The standard InChI is InChI=1S/C49H32/c1-2-16-31(17-3-1)46-36-22-6-8-24-38(36)47(39-25-9-7-23-37(39)46)41-30-45-48(35-21-5-4-18-32(35)41)40-26-12-15-29-44(40)49(45)42-27-13-10-19-33(42)34-20-11-14-28-43(34)49/h1-10,12-19,21-30H,11,20H2. The van der Waals surface area contributed by atoms with Gasteiger partial charge in [0.2, 0.25) is 0 Å². The first-order chi connectivity index (χ1) is 24.4. The minimum absolute atomic E-state index is 0.358. The molecule has 0 radical (unpaired) electrons. The van der Waals surface area contributed by atoms with E-state index in [1.807, 2.05) is 0 Å². The Bertz CT molecular complexity index is 2700. The molecule has 3 aliphatic rings. The van der Waals surface area contributed by atoms with E-state index >= 15 is 0 Å². The van der Waals surface area contributed by atoms with Crippen LogP contribution in [0.3, 0.4) is 0 Å². The lowest BCUT2D eigenvalue weighted by molar-refractivity contribution is 0.781. The number of allylic oxidation sites excluding steroid dienone is 4. The molecule has 8 aromatic carbocycles. The first-order valence-corrected chi connectivity index (χ1v) is 17.5. The fourth-order valence-corrected chi connectivity index (χ4v) is 9.77. The Balaban J connectivity index is 1.34. The predicted octanol–water partition coefficient (Wildman–Crippen LogP) is 12.9. The van der Waals surface area contributed by atoms with Crippen molar-refractivity contribution in [3.05, 3.63) is 198 Å². The fraction of sp³-hybridized carbons (Fsp3) is 0.0612. The van der Waals surface area contributed by atoms with Crippen molar-refractivity contribution in [2.24, 2.45) is 0 Å². The molecule has 1 unspecified atom stereocenters. The molecular formula is C49H32. The smallest absolute Gasteiger partial charge is 0.0722 e. The molecule has 0 heterocycles. The molecule has 0 saturated heterocycles. The lowest BCUT2D eigenvalue weighted by Crippen LogP contribution is -2.27. The second kappa shape index (κ2) is 10.0. The normalized spacial score (nSPS) is 17.1. The Hall–Kier alpha value is -5.98.